The minimum Gasteiger partial charge on any atom is -0.361 e. The van der Waals surface area contributed by atoms with Crippen molar-refractivity contribution in [3.63, 3.8) is 0 Å². The molecule has 0 fully saturated rings. The molecule has 0 aliphatic rings. The fourth-order valence-corrected chi connectivity index (χ4v) is 1.24. The molecule has 0 radical (unpaired) electrons. The lowest BCUT2D eigenvalue weighted by Crippen LogP contribution is -1.94. The lowest BCUT2D eigenvalue weighted by Gasteiger charge is -2.03. The Morgan fingerprint density at radius 1 is 1.11 bits per heavy atom. The number of allylic oxidation sites excluding steroid dienone is 2. The molecule has 7 nitrogen and oxygen atoms in total. The van der Waals surface area contributed by atoms with Crippen LogP contribution in [0.4, 0.5) is 11.4 Å². The summed E-state index contributed by atoms with van der Waals surface area (Å²) in [6.45, 7) is 3.36. The number of nitrogens with zero attached hydrogens (tertiary/aromatic N) is 2. The topological polar surface area (TPSA) is 98.3 Å². The van der Waals surface area contributed by atoms with E-state index in [-0.39, 0.29) is 5.69 Å². The van der Waals surface area contributed by atoms with E-state index < -0.39 is 9.85 Å². The van der Waals surface area contributed by atoms with Crippen molar-refractivity contribution in [1.29, 1.82) is 0 Å². The molecule has 0 aliphatic heterocycles. The van der Waals surface area contributed by atoms with Crippen molar-refractivity contribution in [3.8, 4) is 0 Å². The molecule has 100 valence electrons. The van der Waals surface area contributed by atoms with Crippen molar-refractivity contribution in [1.82, 2.24) is 0 Å². The molecule has 0 amide bonds. The Morgan fingerprint density at radius 2 is 1.68 bits per heavy atom. The molecule has 0 saturated carbocycles. The van der Waals surface area contributed by atoms with E-state index in [2.05, 4.69) is 5.32 Å². The van der Waals surface area contributed by atoms with Gasteiger partial charge >= 0.3 is 0 Å². The number of nitrogens with one attached hydrogen (secondary N) is 1. The third-order valence-corrected chi connectivity index (χ3v) is 2.45. The van der Waals surface area contributed by atoms with E-state index in [1.165, 1.54) is 12.1 Å². The molecule has 7 heteroatoms. The number of benzene rings is 1. The molecule has 0 atom stereocenters. The number of anilines is 1. The van der Waals surface area contributed by atoms with Crippen LogP contribution in [0.2, 0.25) is 0 Å². The summed E-state index contributed by atoms with van der Waals surface area (Å²) in [4.78, 5) is 19.8. The number of nitro groups is 2. The van der Waals surface area contributed by atoms with Crippen molar-refractivity contribution in [2.45, 2.75) is 13.8 Å². The minimum atomic E-state index is -0.515. The molecule has 0 bridgehead atoms. The van der Waals surface area contributed by atoms with Gasteiger partial charge in [-0.2, -0.15) is 0 Å². The van der Waals surface area contributed by atoms with Gasteiger partial charge in [0.05, 0.1) is 9.85 Å². The van der Waals surface area contributed by atoms with Crippen molar-refractivity contribution in [2.24, 2.45) is 0 Å². The molecule has 0 unspecified atom stereocenters. The van der Waals surface area contributed by atoms with Crippen LogP contribution in [-0.2, 0) is 0 Å². The zero-order valence-electron chi connectivity index (χ0n) is 10.5. The van der Waals surface area contributed by atoms with Gasteiger partial charge in [-0.25, -0.2) is 0 Å². The van der Waals surface area contributed by atoms with Gasteiger partial charge in [-0.15, -0.1) is 0 Å². The summed E-state index contributed by atoms with van der Waals surface area (Å²) in [5, 5.41) is 23.7. The molecule has 0 aromatic heterocycles. The Morgan fingerprint density at radius 3 is 2.16 bits per heavy atom. The number of hydrogen-bond donors (Lipinski definition) is 1. The second-order valence-electron chi connectivity index (χ2n) is 3.87. The first-order valence-electron chi connectivity index (χ1n) is 5.40. The van der Waals surface area contributed by atoms with Gasteiger partial charge in [-0.1, -0.05) is 0 Å². The highest BCUT2D eigenvalue weighted by Gasteiger charge is 2.03. The Kier molecular flexibility index (Phi) is 4.76. The zero-order chi connectivity index (χ0) is 14.4. The third kappa shape index (κ3) is 4.58. The lowest BCUT2D eigenvalue weighted by atomic mass is 10.1. The summed E-state index contributed by atoms with van der Waals surface area (Å²) in [6, 6.07) is 5.89. The summed E-state index contributed by atoms with van der Waals surface area (Å²) < 4.78 is 0. The van der Waals surface area contributed by atoms with E-state index in [1.54, 1.807) is 32.2 Å². The van der Waals surface area contributed by atoms with Crippen LogP contribution in [-0.4, -0.2) is 9.85 Å². The van der Waals surface area contributed by atoms with E-state index in [0.29, 0.717) is 16.8 Å². The predicted molar refractivity (Wildman–Crippen MR) is 71.2 cm³/mol. The van der Waals surface area contributed by atoms with Gasteiger partial charge in [0, 0.05) is 29.6 Å². The van der Waals surface area contributed by atoms with Crippen molar-refractivity contribution in [2.75, 3.05) is 5.32 Å². The highest BCUT2D eigenvalue weighted by molar-refractivity contribution is 5.51. The zero-order valence-corrected chi connectivity index (χ0v) is 10.5. The van der Waals surface area contributed by atoms with Gasteiger partial charge in [0.1, 0.15) is 0 Å². The van der Waals surface area contributed by atoms with Gasteiger partial charge in [0.25, 0.3) is 5.69 Å². The number of hydrogen-bond acceptors (Lipinski definition) is 5. The molecule has 1 rings (SSSR count). The smallest absolute Gasteiger partial charge is 0.269 e. The first-order valence-corrected chi connectivity index (χ1v) is 5.40. The Bertz CT molecular complexity index is 547. The SMILES string of the molecule is CC(=CNc1ccc([N+](=O)[O-])cc1)C(C)=C[N+](=O)[O-]. The molecule has 1 aromatic rings. The molecular weight excluding hydrogens is 250 g/mol. The van der Waals surface area contributed by atoms with E-state index in [4.69, 9.17) is 0 Å². The molecule has 1 N–H and O–H groups in total. The average molecular weight is 263 g/mol. The van der Waals surface area contributed by atoms with Gasteiger partial charge in [-0.05, 0) is 31.6 Å². The Balaban J connectivity index is 2.75. The van der Waals surface area contributed by atoms with Crippen molar-refractivity contribution >= 4 is 11.4 Å². The molecule has 1 aromatic carbocycles. The van der Waals surface area contributed by atoms with Crippen LogP contribution < -0.4 is 5.32 Å². The van der Waals surface area contributed by atoms with E-state index in [1.807, 2.05) is 0 Å². The molecule has 19 heavy (non-hydrogen) atoms. The van der Waals surface area contributed by atoms with Crippen LogP contribution >= 0.6 is 0 Å². The van der Waals surface area contributed by atoms with Crippen LogP contribution in [0.1, 0.15) is 13.8 Å². The summed E-state index contributed by atoms with van der Waals surface area (Å²) in [5.74, 6) is 0. The largest absolute Gasteiger partial charge is 0.361 e. The number of non-ortho nitro benzene ring substituents is 1. The maximum absolute atomic E-state index is 10.5. The fraction of sp³-hybridized carbons (Fsp3) is 0.167. The van der Waals surface area contributed by atoms with Crippen LogP contribution in [0.5, 0.6) is 0 Å². The first-order chi connectivity index (χ1) is 8.90. The normalized spacial score (nSPS) is 12.1. The molecule has 0 saturated heterocycles. The van der Waals surface area contributed by atoms with Gasteiger partial charge in [0.2, 0.25) is 6.20 Å². The van der Waals surface area contributed by atoms with Gasteiger partial charge in [-0.3, -0.25) is 20.2 Å². The fourth-order valence-electron chi connectivity index (χ4n) is 1.24. The maximum atomic E-state index is 10.5. The summed E-state index contributed by atoms with van der Waals surface area (Å²) in [7, 11) is 0. The van der Waals surface area contributed by atoms with Gasteiger partial charge < -0.3 is 5.32 Å². The highest BCUT2D eigenvalue weighted by atomic mass is 16.6. The minimum absolute atomic E-state index is 0.00989. The molecule has 0 heterocycles. The monoisotopic (exact) mass is 263 g/mol. The van der Waals surface area contributed by atoms with E-state index in [0.717, 1.165) is 6.20 Å². The van der Waals surface area contributed by atoms with Crippen LogP contribution in [0.25, 0.3) is 0 Å². The lowest BCUT2D eigenvalue weighted by molar-refractivity contribution is -0.403. The number of rotatable bonds is 5. The Labute approximate surface area is 109 Å². The first kappa shape index (κ1) is 14.4. The van der Waals surface area contributed by atoms with Crippen LogP contribution in [0, 0.1) is 20.2 Å². The molecular formula is C12H13N3O4. The second-order valence-corrected chi connectivity index (χ2v) is 3.87. The van der Waals surface area contributed by atoms with Crippen molar-refractivity contribution < 1.29 is 9.85 Å². The van der Waals surface area contributed by atoms with Crippen molar-refractivity contribution in [3.05, 3.63) is 68.0 Å². The van der Waals surface area contributed by atoms with Crippen LogP contribution in [0.15, 0.2) is 47.8 Å². The third-order valence-electron chi connectivity index (χ3n) is 2.45. The number of nitro benzene ring substituents is 1. The second kappa shape index (κ2) is 6.29. The summed E-state index contributed by atoms with van der Waals surface area (Å²) in [5.41, 5.74) is 1.91. The van der Waals surface area contributed by atoms with Crippen LogP contribution in [0.3, 0.4) is 0 Å². The standard InChI is InChI=1S/C12H13N3O4/c1-9(10(2)8-14(16)17)7-13-11-3-5-12(6-4-11)15(18)19/h3-8,13H,1-2H3. The van der Waals surface area contributed by atoms with E-state index >= 15 is 0 Å². The van der Waals surface area contributed by atoms with E-state index in [9.17, 15) is 20.2 Å². The predicted octanol–water partition coefficient (Wildman–Crippen LogP) is 3.09. The molecule has 0 aliphatic carbocycles. The maximum Gasteiger partial charge on any atom is 0.269 e. The quantitative estimate of drug-likeness (QED) is 0.500. The van der Waals surface area contributed by atoms with Gasteiger partial charge in [0.15, 0.2) is 0 Å². The summed E-state index contributed by atoms with van der Waals surface area (Å²) in [6.07, 6.45) is 2.53. The summed E-state index contributed by atoms with van der Waals surface area (Å²) >= 11 is 0. The Hall–Kier alpha value is -2.70. The molecule has 0 spiro atoms. The average Bonchev–Trinajstić information content (AvgIpc) is 2.35. The highest BCUT2D eigenvalue weighted by Crippen LogP contribution is 2.16.